The van der Waals surface area contributed by atoms with Gasteiger partial charge in [0.15, 0.2) is 0 Å². The number of nitrogens with zero attached hydrogens (tertiary/aromatic N) is 6. The number of allylic oxidation sites excluding steroid dienone is 2. The largest absolute Gasteiger partial charge is 0.423 e. The van der Waals surface area contributed by atoms with Crippen molar-refractivity contribution in [3.63, 3.8) is 0 Å². The van der Waals surface area contributed by atoms with Gasteiger partial charge in [-0.2, -0.15) is 4.98 Å². The number of carbonyl (C=O) groups excluding carboxylic acids is 1. The van der Waals surface area contributed by atoms with E-state index in [9.17, 15) is 14.7 Å². The molecule has 0 fully saturated rings. The third-order valence-corrected chi connectivity index (χ3v) is 6.57. The molecule has 39 heavy (non-hydrogen) atoms. The standard InChI is InChI=1S/C27H24N8O4/c1-27(2)11-10-22(37)34-21-12-17(8-9-18(21)25(38)35(27)34)30-26-28-13-19(24-33-29-15-39-24)23(32-26)31-20(14-36)16-6-4-3-5-7-16/h3-13,15,20,36H,14H2,1-2H3,(H2,28,30,31,32)/t20-/m1/s1. The zero-order valence-corrected chi connectivity index (χ0v) is 21.1. The Morgan fingerprint density at radius 2 is 1.95 bits per heavy atom. The highest BCUT2D eigenvalue weighted by Crippen LogP contribution is 2.30. The fourth-order valence-electron chi connectivity index (χ4n) is 4.64. The summed E-state index contributed by atoms with van der Waals surface area (Å²) in [5.41, 5.74) is 1.45. The topological polar surface area (TPSA) is 153 Å². The summed E-state index contributed by atoms with van der Waals surface area (Å²) in [5.74, 6) is 0.502. The van der Waals surface area contributed by atoms with E-state index in [0.717, 1.165) is 5.56 Å². The molecule has 0 unspecified atom stereocenters. The Morgan fingerprint density at radius 3 is 2.69 bits per heavy atom. The molecule has 196 valence electrons. The van der Waals surface area contributed by atoms with Crippen molar-refractivity contribution in [2.24, 2.45) is 0 Å². The van der Waals surface area contributed by atoms with Gasteiger partial charge in [0.05, 0.1) is 34.7 Å². The van der Waals surface area contributed by atoms with Gasteiger partial charge in [0, 0.05) is 18.0 Å². The SMILES string of the molecule is CC1(C)C=CC(=O)n2c3cc(Nc4ncc(-c5nnco5)c(N[C@H](CO)c5ccccc5)n4)ccc3c(=O)n21. The third kappa shape index (κ3) is 4.26. The molecule has 3 aromatic heterocycles. The molecule has 1 aliphatic rings. The van der Waals surface area contributed by atoms with Crippen molar-refractivity contribution in [2.75, 3.05) is 17.2 Å². The van der Waals surface area contributed by atoms with E-state index in [-0.39, 0.29) is 29.9 Å². The number of aliphatic hydroxyl groups excluding tert-OH is 1. The molecule has 3 N–H and O–H groups in total. The molecule has 2 aromatic carbocycles. The first-order valence-corrected chi connectivity index (χ1v) is 12.2. The molecule has 1 atom stereocenters. The summed E-state index contributed by atoms with van der Waals surface area (Å²) in [6.45, 7) is 3.55. The first kappa shape index (κ1) is 24.2. The van der Waals surface area contributed by atoms with Crippen LogP contribution in [0, 0.1) is 0 Å². The zero-order valence-electron chi connectivity index (χ0n) is 21.1. The summed E-state index contributed by atoms with van der Waals surface area (Å²) in [4.78, 5) is 34.9. The molecular formula is C27H24N8O4. The van der Waals surface area contributed by atoms with Crippen molar-refractivity contribution in [1.29, 1.82) is 0 Å². The molecular weight excluding hydrogens is 500 g/mol. The lowest BCUT2D eigenvalue weighted by Gasteiger charge is -2.28. The molecule has 5 aromatic rings. The monoisotopic (exact) mass is 524 g/mol. The summed E-state index contributed by atoms with van der Waals surface area (Å²) >= 11 is 0. The number of benzene rings is 2. The van der Waals surface area contributed by atoms with Crippen LogP contribution in [0.3, 0.4) is 0 Å². The van der Waals surface area contributed by atoms with E-state index in [1.165, 1.54) is 28.0 Å². The summed E-state index contributed by atoms with van der Waals surface area (Å²) in [6, 6.07) is 14.1. The van der Waals surface area contributed by atoms with Crippen LogP contribution < -0.4 is 16.2 Å². The predicted octanol–water partition coefficient (Wildman–Crippen LogP) is 3.48. The second-order valence-electron chi connectivity index (χ2n) is 9.60. The number of carbonyl (C=O) groups is 1. The van der Waals surface area contributed by atoms with Crippen molar-refractivity contribution in [2.45, 2.75) is 25.4 Å². The second-order valence-corrected chi connectivity index (χ2v) is 9.60. The number of nitrogens with one attached hydrogen (secondary N) is 2. The number of hydrogen-bond acceptors (Lipinski definition) is 10. The van der Waals surface area contributed by atoms with Gasteiger partial charge in [-0.15, -0.1) is 10.2 Å². The molecule has 0 aliphatic carbocycles. The Labute approximate surface area is 221 Å². The minimum absolute atomic E-state index is 0.190. The summed E-state index contributed by atoms with van der Waals surface area (Å²) in [7, 11) is 0. The maximum atomic E-state index is 13.1. The lowest BCUT2D eigenvalue weighted by atomic mass is 10.0. The number of hydrogen-bond donors (Lipinski definition) is 3. The van der Waals surface area contributed by atoms with Crippen LogP contribution in [0.15, 0.2) is 82.5 Å². The minimum Gasteiger partial charge on any atom is -0.423 e. The van der Waals surface area contributed by atoms with E-state index in [4.69, 9.17) is 4.42 Å². The van der Waals surface area contributed by atoms with E-state index in [1.807, 2.05) is 44.2 Å². The highest BCUT2D eigenvalue weighted by Gasteiger charge is 2.31. The fraction of sp³-hybridized carbons (Fsp3) is 0.185. The molecule has 0 amide bonds. The average molecular weight is 525 g/mol. The van der Waals surface area contributed by atoms with E-state index in [2.05, 4.69) is 30.8 Å². The Bertz CT molecular complexity index is 1770. The third-order valence-electron chi connectivity index (χ3n) is 6.57. The normalized spacial score (nSPS) is 14.8. The Kier molecular flexibility index (Phi) is 5.80. The van der Waals surface area contributed by atoms with Crippen molar-refractivity contribution in [3.05, 3.63) is 89.2 Å². The van der Waals surface area contributed by atoms with Crippen LogP contribution in [0.5, 0.6) is 0 Å². The smallest absolute Gasteiger partial charge is 0.275 e. The lowest BCUT2D eigenvalue weighted by molar-refractivity contribution is 0.0909. The predicted molar refractivity (Wildman–Crippen MR) is 144 cm³/mol. The first-order chi connectivity index (χ1) is 18.9. The molecule has 0 saturated carbocycles. The molecule has 6 rings (SSSR count). The first-order valence-electron chi connectivity index (χ1n) is 12.2. The van der Waals surface area contributed by atoms with Gasteiger partial charge in [-0.1, -0.05) is 36.4 Å². The maximum absolute atomic E-state index is 13.1. The van der Waals surface area contributed by atoms with E-state index >= 15 is 0 Å². The van der Waals surface area contributed by atoms with Crippen LogP contribution >= 0.6 is 0 Å². The van der Waals surface area contributed by atoms with Crippen LogP contribution in [-0.4, -0.2) is 47.1 Å². The second kappa shape index (κ2) is 9.33. The Balaban J connectivity index is 1.38. The number of aromatic nitrogens is 6. The van der Waals surface area contributed by atoms with Crippen molar-refractivity contribution in [3.8, 4) is 11.5 Å². The van der Waals surface area contributed by atoms with Crippen molar-refractivity contribution < 1.29 is 14.3 Å². The Morgan fingerprint density at radius 1 is 1.13 bits per heavy atom. The summed E-state index contributed by atoms with van der Waals surface area (Å²) in [6.07, 6.45) is 5.93. The highest BCUT2D eigenvalue weighted by atomic mass is 16.4. The van der Waals surface area contributed by atoms with Gasteiger partial charge >= 0.3 is 0 Å². The van der Waals surface area contributed by atoms with Gasteiger partial charge in [-0.25, -0.2) is 14.3 Å². The number of rotatable bonds is 7. The van der Waals surface area contributed by atoms with Gasteiger partial charge in [0.2, 0.25) is 12.3 Å². The summed E-state index contributed by atoms with van der Waals surface area (Å²) in [5, 5.41) is 24.6. The Hall–Kier alpha value is -5.10. The van der Waals surface area contributed by atoms with E-state index in [0.29, 0.717) is 28.0 Å². The number of anilines is 3. The molecule has 12 heteroatoms. The van der Waals surface area contributed by atoms with Gasteiger partial charge < -0.3 is 20.2 Å². The molecule has 12 nitrogen and oxygen atoms in total. The van der Waals surface area contributed by atoms with Crippen LogP contribution in [0.2, 0.25) is 0 Å². The molecule has 0 saturated heterocycles. The highest BCUT2D eigenvalue weighted by molar-refractivity contribution is 5.98. The summed E-state index contributed by atoms with van der Waals surface area (Å²) < 4.78 is 8.22. The molecule has 1 aliphatic heterocycles. The molecule has 0 bridgehead atoms. The van der Waals surface area contributed by atoms with E-state index in [1.54, 1.807) is 24.3 Å². The molecule has 4 heterocycles. The van der Waals surface area contributed by atoms with Crippen LogP contribution in [-0.2, 0) is 5.54 Å². The van der Waals surface area contributed by atoms with Crippen molar-refractivity contribution >= 4 is 34.3 Å². The van der Waals surface area contributed by atoms with Crippen LogP contribution in [0.25, 0.3) is 22.4 Å². The minimum atomic E-state index is -0.659. The fourth-order valence-corrected chi connectivity index (χ4v) is 4.64. The van der Waals surface area contributed by atoms with E-state index < -0.39 is 11.6 Å². The quantitative estimate of drug-likeness (QED) is 0.288. The van der Waals surface area contributed by atoms with Gasteiger partial charge in [0.1, 0.15) is 5.82 Å². The molecule has 0 radical (unpaired) electrons. The average Bonchev–Trinajstić information content (AvgIpc) is 3.58. The lowest BCUT2D eigenvalue weighted by Crippen LogP contribution is -2.42. The van der Waals surface area contributed by atoms with Gasteiger partial charge in [-0.3, -0.25) is 9.59 Å². The maximum Gasteiger partial charge on any atom is 0.275 e. The number of aliphatic hydroxyl groups is 1. The van der Waals surface area contributed by atoms with Crippen LogP contribution in [0.4, 0.5) is 17.5 Å². The zero-order chi connectivity index (χ0) is 27.1. The molecule has 0 spiro atoms. The van der Waals surface area contributed by atoms with Crippen molar-refractivity contribution in [1.82, 2.24) is 29.5 Å². The number of fused-ring (bicyclic) bond motifs is 3. The van der Waals surface area contributed by atoms with Gasteiger partial charge in [0.25, 0.3) is 17.4 Å². The van der Waals surface area contributed by atoms with Gasteiger partial charge in [-0.05, 0) is 37.6 Å². The van der Waals surface area contributed by atoms with Crippen LogP contribution in [0.1, 0.15) is 30.2 Å².